The molecule has 6 aromatic carbocycles. The molecule has 6 aromatic rings. The number of benzene rings is 6. The fourth-order valence-electron chi connectivity index (χ4n) is 5.24. The number of aromatic hydroxyl groups is 1. The van der Waals surface area contributed by atoms with Gasteiger partial charge in [0.15, 0.2) is 11.5 Å². The maximum absolute atomic E-state index is 9.70. The molecule has 0 aliphatic heterocycles. The highest BCUT2D eigenvalue weighted by Crippen LogP contribution is 2.28. The smallest absolute Gasteiger partial charge is 0.161 e. The van der Waals surface area contributed by atoms with Crippen molar-refractivity contribution in [3.8, 4) is 41.2 Å². The Bertz CT molecular complexity index is 2110. The molecule has 6 rings (SSSR count). The van der Waals surface area contributed by atoms with E-state index < -0.39 is 0 Å². The highest BCUT2D eigenvalue weighted by molar-refractivity contribution is 14.1. The van der Waals surface area contributed by atoms with E-state index in [1.807, 2.05) is 80.6 Å². The third-order valence-electron chi connectivity index (χ3n) is 8.48. The average Bonchev–Trinajstić information content (AvgIpc) is 3.28. The van der Waals surface area contributed by atoms with Gasteiger partial charge in [0.25, 0.3) is 0 Å². The molecule has 0 unspecified atom stereocenters. The number of nitrogens with zero attached hydrogens (tertiary/aromatic N) is 3. The Balaban J connectivity index is 0.000000233. The number of alkyl halides is 1. The minimum Gasteiger partial charge on any atom is -0.504 e. The second-order valence-electron chi connectivity index (χ2n) is 13.8. The van der Waals surface area contributed by atoms with Crippen molar-refractivity contribution in [3.05, 3.63) is 189 Å². The summed E-state index contributed by atoms with van der Waals surface area (Å²) in [6, 6.07) is 43.9. The lowest BCUT2D eigenvalue weighted by atomic mass is 10.1. The molecule has 10 nitrogen and oxygen atoms in total. The summed E-state index contributed by atoms with van der Waals surface area (Å²) in [7, 11) is 0. The normalized spacial score (nSPS) is 9.87. The summed E-state index contributed by atoms with van der Waals surface area (Å²) in [5, 5.41) is 62.8. The summed E-state index contributed by atoms with van der Waals surface area (Å²) in [5.74, 6) is 1.98. The fraction of sp³-hybridized carbons (Fsp3) is 0.220. The Kier molecular flexibility index (Phi) is 21.4. The van der Waals surface area contributed by atoms with Crippen molar-refractivity contribution in [1.29, 1.82) is 15.8 Å². The Labute approximate surface area is 372 Å². The van der Waals surface area contributed by atoms with Gasteiger partial charge in [-0.15, -0.1) is 0 Å². The summed E-state index contributed by atoms with van der Waals surface area (Å²) in [4.78, 5) is 0. The number of hydrogen-bond donors (Lipinski definition) is 4. The van der Waals surface area contributed by atoms with Crippen molar-refractivity contribution < 1.29 is 34.6 Å². The van der Waals surface area contributed by atoms with Gasteiger partial charge in [0, 0.05) is 3.92 Å². The minimum atomic E-state index is -0.122. The molecule has 0 spiro atoms. The number of halogens is 1. The van der Waals surface area contributed by atoms with Gasteiger partial charge in [-0.1, -0.05) is 103 Å². The zero-order valence-corrected chi connectivity index (χ0v) is 36.8. The van der Waals surface area contributed by atoms with Crippen LogP contribution in [0, 0.1) is 47.8 Å². The fourth-order valence-corrected chi connectivity index (χ4v) is 5.24. The predicted octanol–water partition coefficient (Wildman–Crippen LogP) is 10.0. The molecule has 0 amide bonds. The summed E-state index contributed by atoms with van der Waals surface area (Å²) in [6.07, 6.45) is 0. The molecule has 0 heterocycles. The summed E-state index contributed by atoms with van der Waals surface area (Å²) in [6.45, 7) is 9.40. The lowest BCUT2D eigenvalue weighted by molar-refractivity contribution is 0.276. The van der Waals surface area contributed by atoms with Crippen molar-refractivity contribution in [1.82, 2.24) is 0 Å². The first-order chi connectivity index (χ1) is 29.4. The van der Waals surface area contributed by atoms with Gasteiger partial charge in [-0.3, -0.25) is 0 Å². The first-order valence-electron chi connectivity index (χ1n) is 19.2. The van der Waals surface area contributed by atoms with Crippen LogP contribution < -0.4 is 14.2 Å². The first kappa shape index (κ1) is 49.0. The quantitative estimate of drug-likeness (QED) is 0.0682. The highest BCUT2D eigenvalue weighted by atomic mass is 127. The summed E-state index contributed by atoms with van der Waals surface area (Å²) in [5.41, 5.74) is 9.22. The monoisotopic (exact) mass is 931 g/mol. The van der Waals surface area contributed by atoms with Crippen molar-refractivity contribution >= 4 is 22.6 Å². The van der Waals surface area contributed by atoms with Gasteiger partial charge in [0.1, 0.15) is 31.3 Å². The van der Waals surface area contributed by atoms with Crippen molar-refractivity contribution in [2.45, 2.75) is 71.3 Å². The van der Waals surface area contributed by atoms with Crippen LogP contribution in [0.3, 0.4) is 0 Å². The van der Waals surface area contributed by atoms with Crippen LogP contribution in [0.4, 0.5) is 0 Å². The van der Waals surface area contributed by atoms with E-state index in [1.54, 1.807) is 60.7 Å². The minimum absolute atomic E-state index is 0.000181. The topological polar surface area (TPSA) is 180 Å². The molecular formula is C50H50IN3O7. The van der Waals surface area contributed by atoms with Crippen LogP contribution in [0.15, 0.2) is 127 Å². The molecule has 11 heteroatoms. The largest absolute Gasteiger partial charge is 0.504 e. The molecule has 0 aliphatic carbocycles. The van der Waals surface area contributed by atoms with Crippen molar-refractivity contribution in [3.63, 3.8) is 0 Å². The number of ether oxygens (including phenoxy) is 3. The number of aryl methyl sites for hydroxylation is 2. The van der Waals surface area contributed by atoms with Gasteiger partial charge in [-0.05, 0) is 119 Å². The molecule has 0 fully saturated rings. The number of rotatable bonds is 12. The van der Waals surface area contributed by atoms with E-state index >= 15 is 0 Å². The highest BCUT2D eigenvalue weighted by Gasteiger charge is 2.06. The summed E-state index contributed by atoms with van der Waals surface area (Å²) >= 11 is 2.34. The molecule has 0 bridgehead atoms. The van der Waals surface area contributed by atoms with E-state index in [2.05, 4.69) is 48.6 Å². The van der Waals surface area contributed by atoms with E-state index in [-0.39, 0.29) is 25.6 Å². The molecule has 0 saturated heterocycles. The van der Waals surface area contributed by atoms with Crippen LogP contribution in [0.2, 0.25) is 0 Å². The Morgan fingerprint density at radius 1 is 0.459 bits per heavy atom. The first-order valence-corrected chi connectivity index (χ1v) is 20.5. The second kappa shape index (κ2) is 26.6. The van der Waals surface area contributed by atoms with E-state index in [0.717, 1.165) is 54.4 Å². The molecule has 314 valence electrons. The Morgan fingerprint density at radius 3 is 0.984 bits per heavy atom. The van der Waals surface area contributed by atoms with Gasteiger partial charge in [-0.2, -0.15) is 15.8 Å². The molecule has 0 aromatic heterocycles. The third-order valence-corrected chi connectivity index (χ3v) is 8.48. The standard InChI is InChI=1S/2C16H15NO2.C15H13NO3.C3H7I/c2*1-12-8-15(10-18)6-7-16(12)19-11-14-4-2-13(9-17)3-5-14;16-8-11-1-3-12(4-2-11)10-19-15-6-5-13(9-17)7-14(15)18;1-3(2)4/h2*2-8,18H,10-11H2,1H3;1-7,17-18H,9-10H2;3H,1-2H3. The van der Waals surface area contributed by atoms with Crippen molar-refractivity contribution in [2.24, 2.45) is 0 Å². The zero-order valence-electron chi connectivity index (χ0n) is 34.7. The maximum Gasteiger partial charge on any atom is 0.161 e. The number of aliphatic hydroxyl groups is 3. The van der Waals surface area contributed by atoms with E-state index in [4.69, 9.17) is 45.3 Å². The molecular weight excluding hydrogens is 881 g/mol. The number of nitriles is 3. The number of phenols is 1. The van der Waals surface area contributed by atoms with E-state index in [1.165, 1.54) is 6.07 Å². The number of hydrogen-bond acceptors (Lipinski definition) is 10. The maximum atomic E-state index is 9.70. The van der Waals surface area contributed by atoms with Crippen molar-refractivity contribution in [2.75, 3.05) is 0 Å². The predicted molar refractivity (Wildman–Crippen MR) is 244 cm³/mol. The van der Waals surface area contributed by atoms with E-state index in [0.29, 0.717) is 47.8 Å². The van der Waals surface area contributed by atoms with Gasteiger partial charge >= 0.3 is 0 Å². The van der Waals surface area contributed by atoms with Crippen LogP contribution >= 0.6 is 22.6 Å². The lowest BCUT2D eigenvalue weighted by Crippen LogP contribution is -1.97. The Hall–Kier alpha value is -6.40. The van der Waals surface area contributed by atoms with Gasteiger partial charge < -0.3 is 34.6 Å². The third kappa shape index (κ3) is 17.8. The number of phenolic OH excluding ortho intramolecular Hbond substituents is 1. The van der Waals surface area contributed by atoms with Gasteiger partial charge in [-0.25, -0.2) is 0 Å². The number of aliphatic hydroxyl groups excluding tert-OH is 3. The molecule has 61 heavy (non-hydrogen) atoms. The average molecular weight is 932 g/mol. The molecule has 0 atom stereocenters. The van der Waals surface area contributed by atoms with E-state index in [9.17, 15) is 5.11 Å². The van der Waals surface area contributed by atoms with Gasteiger partial charge in [0.2, 0.25) is 0 Å². The lowest BCUT2D eigenvalue weighted by Gasteiger charge is -2.10. The molecule has 0 saturated carbocycles. The Morgan fingerprint density at radius 2 is 0.721 bits per heavy atom. The van der Waals surface area contributed by atoms with Crippen LogP contribution in [0.5, 0.6) is 23.0 Å². The van der Waals surface area contributed by atoms with Gasteiger partial charge in [0.05, 0.1) is 54.7 Å². The summed E-state index contributed by atoms with van der Waals surface area (Å²) < 4.78 is 17.7. The van der Waals surface area contributed by atoms with Crippen LogP contribution in [0.1, 0.15) is 75.0 Å². The molecule has 4 N–H and O–H groups in total. The van der Waals surface area contributed by atoms with Crippen LogP contribution in [0.25, 0.3) is 0 Å². The SMILES string of the molecule is CC(C)I.Cc1cc(CO)ccc1OCc1ccc(C#N)cc1.Cc1cc(CO)ccc1OCc1ccc(C#N)cc1.N#Cc1ccc(COc2ccc(CO)cc2O)cc1. The zero-order chi connectivity index (χ0) is 44.6. The van der Waals surface area contributed by atoms with Crippen LogP contribution in [-0.4, -0.2) is 24.4 Å². The molecule has 0 aliphatic rings. The molecule has 0 radical (unpaired) electrons. The van der Waals surface area contributed by atoms with Crippen LogP contribution in [-0.2, 0) is 39.6 Å². The second-order valence-corrected chi connectivity index (χ2v) is 16.3.